The van der Waals surface area contributed by atoms with E-state index in [1.165, 1.54) is 23.9 Å². The van der Waals surface area contributed by atoms with Gasteiger partial charge in [0, 0.05) is 28.8 Å². The highest BCUT2D eigenvalue weighted by atomic mass is 16.1. The van der Waals surface area contributed by atoms with Crippen molar-refractivity contribution in [1.82, 2.24) is 25.3 Å². The quantitative estimate of drug-likeness (QED) is 0.495. The van der Waals surface area contributed by atoms with Crippen molar-refractivity contribution in [3.63, 3.8) is 0 Å². The minimum absolute atomic E-state index is 0.0297. The molecule has 3 atom stereocenters. The highest BCUT2D eigenvalue weighted by Gasteiger charge is 2.40. The number of carbonyl (C=O) groups excluding carboxylic acids is 1. The summed E-state index contributed by atoms with van der Waals surface area (Å²) >= 11 is 0. The highest BCUT2D eigenvalue weighted by molar-refractivity contribution is 5.94. The molecule has 3 unspecified atom stereocenters. The maximum atomic E-state index is 13.2. The molecule has 2 bridgehead atoms. The third kappa shape index (κ3) is 3.73. The van der Waals surface area contributed by atoms with Crippen LogP contribution < -0.4 is 10.9 Å². The van der Waals surface area contributed by atoms with Gasteiger partial charge in [-0.2, -0.15) is 10.2 Å². The van der Waals surface area contributed by atoms with Gasteiger partial charge in [-0.25, -0.2) is 4.68 Å². The van der Waals surface area contributed by atoms with Crippen LogP contribution in [-0.2, 0) is 6.54 Å². The number of aromatic nitrogens is 4. The lowest BCUT2D eigenvalue weighted by Crippen LogP contribution is -2.38. The Balaban J connectivity index is 1.24. The molecule has 2 aliphatic carbocycles. The van der Waals surface area contributed by atoms with Crippen LogP contribution in [0.25, 0.3) is 21.9 Å². The molecule has 7 nitrogen and oxygen atoms in total. The SMILES string of the molecule is O=C(NC1CC2CCC1C2)c1cccc(Cn2ncc3ccc(-c4cn[nH]c4)cc3c2=O)c1. The number of amides is 1. The summed E-state index contributed by atoms with van der Waals surface area (Å²) in [4.78, 5) is 26.0. The normalized spacial score (nSPS) is 21.5. The lowest BCUT2D eigenvalue weighted by atomic mass is 9.95. The van der Waals surface area contributed by atoms with Crippen molar-refractivity contribution in [2.45, 2.75) is 38.3 Å². The second kappa shape index (κ2) is 7.99. The van der Waals surface area contributed by atoms with E-state index < -0.39 is 0 Å². The van der Waals surface area contributed by atoms with Gasteiger partial charge in [-0.1, -0.05) is 30.7 Å². The van der Waals surface area contributed by atoms with Crippen molar-refractivity contribution in [3.8, 4) is 11.1 Å². The largest absolute Gasteiger partial charge is 0.349 e. The molecule has 0 spiro atoms. The lowest BCUT2D eigenvalue weighted by Gasteiger charge is -2.23. The van der Waals surface area contributed by atoms with Gasteiger partial charge in [0.2, 0.25) is 0 Å². The number of fused-ring (bicyclic) bond motifs is 3. The van der Waals surface area contributed by atoms with Crippen molar-refractivity contribution in [3.05, 3.63) is 82.5 Å². The summed E-state index contributed by atoms with van der Waals surface area (Å²) < 4.78 is 1.45. The van der Waals surface area contributed by atoms with E-state index in [1.807, 2.05) is 42.5 Å². The van der Waals surface area contributed by atoms with Crippen molar-refractivity contribution in [2.24, 2.45) is 11.8 Å². The fourth-order valence-corrected chi connectivity index (χ4v) is 5.54. The Morgan fingerprint density at radius 1 is 1.09 bits per heavy atom. The number of rotatable bonds is 5. The van der Waals surface area contributed by atoms with Gasteiger partial charge in [0.15, 0.2) is 0 Å². The summed E-state index contributed by atoms with van der Waals surface area (Å²) in [6.45, 7) is 0.306. The number of hydrogen-bond acceptors (Lipinski definition) is 4. The van der Waals surface area contributed by atoms with Crippen molar-refractivity contribution < 1.29 is 4.79 Å². The van der Waals surface area contributed by atoms with Crippen LogP contribution in [0.15, 0.2) is 65.8 Å². The molecule has 0 saturated heterocycles. The lowest BCUT2D eigenvalue weighted by molar-refractivity contribution is 0.0923. The third-order valence-electron chi connectivity index (χ3n) is 7.26. The van der Waals surface area contributed by atoms with E-state index >= 15 is 0 Å². The van der Waals surface area contributed by atoms with Crippen LogP contribution in [0.3, 0.4) is 0 Å². The Morgan fingerprint density at radius 2 is 2.03 bits per heavy atom. The zero-order valence-corrected chi connectivity index (χ0v) is 18.2. The van der Waals surface area contributed by atoms with Gasteiger partial charge in [0.25, 0.3) is 11.5 Å². The first-order valence-electron chi connectivity index (χ1n) is 11.5. The molecular formula is C26H25N5O2. The van der Waals surface area contributed by atoms with Crippen molar-refractivity contribution >= 4 is 16.7 Å². The standard InChI is InChI=1S/C26H25N5O2/c32-25(30-24-10-16-4-5-19(24)8-16)20-3-1-2-17(9-20)15-31-26(33)23-11-18(22-12-27-28-13-22)6-7-21(23)14-29-31/h1-3,6-7,9,11-14,16,19,24H,4-5,8,10,15H2,(H,27,28)(H,30,32). The van der Waals surface area contributed by atoms with Gasteiger partial charge in [0.05, 0.1) is 24.3 Å². The molecule has 2 saturated carbocycles. The molecule has 2 aromatic heterocycles. The highest BCUT2D eigenvalue weighted by Crippen LogP contribution is 2.44. The summed E-state index contributed by atoms with van der Waals surface area (Å²) in [5, 5.41) is 15.8. The molecule has 2 aliphatic rings. The first kappa shape index (κ1) is 19.9. The number of carbonyl (C=O) groups is 1. The van der Waals surface area contributed by atoms with Crippen LogP contribution in [0.1, 0.15) is 41.6 Å². The van der Waals surface area contributed by atoms with E-state index in [9.17, 15) is 9.59 Å². The Labute approximate surface area is 190 Å². The number of nitrogens with one attached hydrogen (secondary N) is 2. The topological polar surface area (TPSA) is 92.7 Å². The molecule has 4 aromatic rings. The smallest absolute Gasteiger partial charge is 0.274 e. The molecule has 2 heterocycles. The predicted octanol–water partition coefficient (Wildman–Crippen LogP) is 3.75. The maximum absolute atomic E-state index is 13.2. The second-order valence-corrected chi connectivity index (χ2v) is 9.35. The molecule has 33 heavy (non-hydrogen) atoms. The molecular weight excluding hydrogens is 414 g/mol. The van der Waals surface area contributed by atoms with Crippen LogP contribution in [0.2, 0.25) is 0 Å². The van der Waals surface area contributed by atoms with Crippen LogP contribution in [0, 0.1) is 11.8 Å². The van der Waals surface area contributed by atoms with E-state index in [2.05, 4.69) is 20.6 Å². The first-order valence-corrected chi connectivity index (χ1v) is 11.5. The molecule has 2 N–H and O–H groups in total. The summed E-state index contributed by atoms with van der Waals surface area (Å²) in [5.41, 5.74) is 3.19. The number of benzene rings is 2. The molecule has 1 amide bonds. The molecule has 0 aliphatic heterocycles. The zero-order chi connectivity index (χ0) is 22.4. The van der Waals surface area contributed by atoms with Crippen molar-refractivity contribution in [1.29, 1.82) is 0 Å². The van der Waals surface area contributed by atoms with Gasteiger partial charge in [0.1, 0.15) is 0 Å². The Bertz CT molecular complexity index is 1390. The number of H-pyrrole nitrogens is 1. The molecule has 0 radical (unpaired) electrons. The van der Waals surface area contributed by atoms with Crippen LogP contribution in [0.5, 0.6) is 0 Å². The summed E-state index contributed by atoms with van der Waals surface area (Å²) in [6, 6.07) is 13.5. The van der Waals surface area contributed by atoms with Crippen LogP contribution >= 0.6 is 0 Å². The van der Waals surface area contributed by atoms with E-state index in [1.54, 1.807) is 18.6 Å². The van der Waals surface area contributed by atoms with Gasteiger partial charge in [-0.3, -0.25) is 14.7 Å². The van der Waals surface area contributed by atoms with E-state index in [4.69, 9.17) is 0 Å². The monoisotopic (exact) mass is 439 g/mol. The molecule has 7 heteroatoms. The third-order valence-corrected chi connectivity index (χ3v) is 7.26. The average molecular weight is 440 g/mol. The van der Waals surface area contributed by atoms with Crippen LogP contribution in [-0.4, -0.2) is 31.9 Å². The predicted molar refractivity (Wildman–Crippen MR) is 126 cm³/mol. The van der Waals surface area contributed by atoms with E-state index in [0.717, 1.165) is 34.4 Å². The molecule has 6 rings (SSSR count). The van der Waals surface area contributed by atoms with Crippen LogP contribution in [0.4, 0.5) is 0 Å². The zero-order valence-electron chi connectivity index (χ0n) is 18.2. The second-order valence-electron chi connectivity index (χ2n) is 9.35. The van der Waals surface area contributed by atoms with Gasteiger partial charge >= 0.3 is 0 Å². The van der Waals surface area contributed by atoms with Crippen molar-refractivity contribution in [2.75, 3.05) is 0 Å². The van der Waals surface area contributed by atoms with Gasteiger partial charge < -0.3 is 5.32 Å². The van der Waals surface area contributed by atoms with Gasteiger partial charge in [-0.05, 0) is 60.4 Å². The molecule has 2 fully saturated rings. The Morgan fingerprint density at radius 3 is 2.82 bits per heavy atom. The fraction of sp³-hybridized carbons (Fsp3) is 0.308. The number of aromatic amines is 1. The van der Waals surface area contributed by atoms with Gasteiger partial charge in [-0.15, -0.1) is 0 Å². The summed E-state index contributed by atoms with van der Waals surface area (Å²) in [6.07, 6.45) is 10.1. The minimum Gasteiger partial charge on any atom is -0.349 e. The Hall–Kier alpha value is -3.74. The first-order chi connectivity index (χ1) is 16.1. The molecule has 166 valence electrons. The number of nitrogens with zero attached hydrogens (tertiary/aromatic N) is 3. The summed E-state index contributed by atoms with van der Waals surface area (Å²) in [7, 11) is 0. The maximum Gasteiger partial charge on any atom is 0.274 e. The fourth-order valence-electron chi connectivity index (χ4n) is 5.54. The summed E-state index contributed by atoms with van der Waals surface area (Å²) in [5.74, 6) is 1.39. The average Bonchev–Trinajstić information content (AvgIpc) is 3.60. The molecule has 2 aromatic carbocycles. The van der Waals surface area contributed by atoms with E-state index in [-0.39, 0.29) is 11.5 Å². The number of hydrogen-bond donors (Lipinski definition) is 2. The Kier molecular flexibility index (Phi) is 4.82. The van der Waals surface area contributed by atoms with E-state index in [0.29, 0.717) is 29.5 Å². The minimum atomic E-state index is -0.158.